The van der Waals surface area contributed by atoms with Gasteiger partial charge in [0.25, 0.3) is 0 Å². The third-order valence-corrected chi connectivity index (χ3v) is 2.63. The second-order valence-corrected chi connectivity index (χ2v) is 3.87. The number of aromatic nitrogens is 3. The minimum atomic E-state index is -0.363. The van der Waals surface area contributed by atoms with Crippen molar-refractivity contribution < 1.29 is 4.39 Å². The molecule has 1 aliphatic heterocycles. The summed E-state index contributed by atoms with van der Waals surface area (Å²) in [6, 6.07) is 4.27. The Morgan fingerprint density at radius 1 is 1.37 bits per heavy atom. The first-order valence-corrected chi connectivity index (χ1v) is 5.53. The lowest BCUT2D eigenvalue weighted by molar-refractivity contribution is 0.570. The topological polar surface area (TPSA) is 81.1 Å². The molecule has 6 nitrogen and oxygen atoms in total. The van der Waals surface area contributed by atoms with Gasteiger partial charge in [0.05, 0.1) is 17.9 Å². The molecule has 1 aliphatic rings. The van der Waals surface area contributed by atoms with E-state index in [4.69, 9.17) is 5.73 Å². The molecule has 0 amide bonds. The van der Waals surface area contributed by atoms with Gasteiger partial charge in [-0.1, -0.05) is 0 Å². The molecule has 2 heterocycles. The number of fused-ring (bicyclic) bond motifs is 2. The number of halogens is 2. The van der Waals surface area contributed by atoms with Crippen LogP contribution in [0.25, 0.3) is 0 Å². The zero-order valence-corrected chi connectivity index (χ0v) is 10.9. The lowest BCUT2D eigenvalue weighted by Gasteiger charge is -2.04. The molecule has 3 N–H and O–H groups in total. The van der Waals surface area contributed by atoms with E-state index in [0.29, 0.717) is 29.4 Å². The van der Waals surface area contributed by atoms with Crippen molar-refractivity contribution >= 4 is 35.4 Å². The van der Waals surface area contributed by atoms with Crippen molar-refractivity contribution in [3.8, 4) is 0 Å². The maximum absolute atomic E-state index is 13.2. The monoisotopic (exact) mass is 282 g/mol. The number of anilines is 2. The molecule has 2 aromatic rings. The van der Waals surface area contributed by atoms with Gasteiger partial charge in [-0.3, -0.25) is 0 Å². The van der Waals surface area contributed by atoms with Crippen LogP contribution in [-0.4, -0.2) is 20.8 Å². The third kappa shape index (κ3) is 2.24. The van der Waals surface area contributed by atoms with Crippen molar-refractivity contribution in [2.75, 3.05) is 5.32 Å². The first kappa shape index (κ1) is 13.3. The molecular formula is C11H12ClFN6. The Bertz CT molecular complexity index is 651. The van der Waals surface area contributed by atoms with Crippen LogP contribution in [0.15, 0.2) is 23.2 Å². The number of benzene rings is 1. The van der Waals surface area contributed by atoms with Crippen molar-refractivity contribution in [1.82, 2.24) is 15.0 Å². The van der Waals surface area contributed by atoms with Crippen LogP contribution in [0.3, 0.4) is 0 Å². The van der Waals surface area contributed by atoms with E-state index in [2.05, 4.69) is 20.5 Å². The molecule has 0 atom stereocenters. The van der Waals surface area contributed by atoms with Gasteiger partial charge in [0.15, 0.2) is 17.3 Å². The van der Waals surface area contributed by atoms with E-state index in [1.807, 2.05) is 6.92 Å². The van der Waals surface area contributed by atoms with Crippen LogP contribution in [0.2, 0.25) is 0 Å². The fourth-order valence-corrected chi connectivity index (χ4v) is 1.76. The first-order valence-electron chi connectivity index (χ1n) is 5.53. The summed E-state index contributed by atoms with van der Waals surface area (Å²) in [7, 11) is 0. The zero-order chi connectivity index (χ0) is 12.7. The second kappa shape index (κ2) is 4.85. The number of aryl methyl sites for hydroxylation is 1. The second-order valence-electron chi connectivity index (χ2n) is 3.87. The number of rotatable bonds is 1. The number of amidine groups is 1. The van der Waals surface area contributed by atoms with E-state index < -0.39 is 0 Å². The molecular weight excluding hydrogens is 271 g/mol. The van der Waals surface area contributed by atoms with E-state index >= 15 is 0 Å². The molecule has 0 saturated heterocycles. The summed E-state index contributed by atoms with van der Waals surface area (Å²) in [5.74, 6) is 0.392. The number of nitrogens with zero attached hydrogens (tertiary/aromatic N) is 4. The standard InChI is InChI=1S/C11H11FN6.ClH/c1-2-18-16-9-10(13)14-8-5-6(12)3-4-7(8)15-11(9)17-18;/h3-5H,2H2,1H3,(H2,13,14)(H,15,17);1H. The minimum absolute atomic E-state index is 0. The molecule has 3 rings (SSSR count). The van der Waals surface area contributed by atoms with Crippen molar-refractivity contribution in [3.05, 3.63) is 29.7 Å². The van der Waals surface area contributed by atoms with Crippen molar-refractivity contribution in [1.29, 1.82) is 0 Å². The van der Waals surface area contributed by atoms with Crippen LogP contribution < -0.4 is 11.1 Å². The van der Waals surface area contributed by atoms with Gasteiger partial charge in [-0.15, -0.1) is 22.6 Å². The van der Waals surface area contributed by atoms with Gasteiger partial charge in [-0.2, -0.15) is 4.80 Å². The number of aliphatic imine (C=N–C) groups is 1. The Hall–Kier alpha value is -2.15. The SMILES string of the molecule is CCn1nc2c(n1)C(N)=Nc1cc(F)ccc1N2.Cl. The fraction of sp³-hybridized carbons (Fsp3) is 0.182. The Kier molecular flexibility index (Phi) is 3.39. The maximum Gasteiger partial charge on any atom is 0.184 e. The third-order valence-electron chi connectivity index (χ3n) is 2.63. The molecule has 1 aromatic carbocycles. The Labute approximate surface area is 114 Å². The predicted octanol–water partition coefficient (Wildman–Crippen LogP) is 1.95. The summed E-state index contributed by atoms with van der Waals surface area (Å²) in [6.07, 6.45) is 0. The van der Waals surface area contributed by atoms with Crippen LogP contribution in [0.4, 0.5) is 21.6 Å². The molecule has 0 aliphatic carbocycles. The van der Waals surface area contributed by atoms with E-state index in [0.717, 1.165) is 0 Å². The molecule has 1 aromatic heterocycles. The van der Waals surface area contributed by atoms with Gasteiger partial charge in [-0.05, 0) is 19.1 Å². The zero-order valence-electron chi connectivity index (χ0n) is 10.1. The van der Waals surface area contributed by atoms with Crippen LogP contribution in [0.1, 0.15) is 12.6 Å². The highest BCUT2D eigenvalue weighted by Crippen LogP contribution is 2.32. The summed E-state index contributed by atoms with van der Waals surface area (Å²) in [4.78, 5) is 5.69. The average Bonchev–Trinajstić information content (AvgIpc) is 2.71. The molecule has 8 heteroatoms. The first-order chi connectivity index (χ1) is 8.67. The van der Waals surface area contributed by atoms with Gasteiger partial charge in [0.1, 0.15) is 5.82 Å². The predicted molar refractivity (Wildman–Crippen MR) is 73.0 cm³/mol. The molecule has 0 unspecified atom stereocenters. The Balaban J connectivity index is 0.00000133. The molecule has 0 saturated carbocycles. The maximum atomic E-state index is 13.2. The van der Waals surface area contributed by atoms with Gasteiger partial charge in [0, 0.05) is 6.07 Å². The van der Waals surface area contributed by atoms with E-state index in [9.17, 15) is 4.39 Å². The lowest BCUT2D eigenvalue weighted by Crippen LogP contribution is -2.14. The van der Waals surface area contributed by atoms with E-state index in [-0.39, 0.29) is 24.1 Å². The minimum Gasteiger partial charge on any atom is -0.382 e. The summed E-state index contributed by atoms with van der Waals surface area (Å²) in [5, 5.41) is 11.5. The van der Waals surface area contributed by atoms with Crippen LogP contribution in [0, 0.1) is 5.82 Å². The number of hydrogen-bond donors (Lipinski definition) is 2. The largest absolute Gasteiger partial charge is 0.382 e. The van der Waals surface area contributed by atoms with Gasteiger partial charge in [0.2, 0.25) is 0 Å². The van der Waals surface area contributed by atoms with Crippen molar-refractivity contribution in [3.63, 3.8) is 0 Å². The van der Waals surface area contributed by atoms with Crippen LogP contribution in [0.5, 0.6) is 0 Å². The van der Waals surface area contributed by atoms with Gasteiger partial charge < -0.3 is 11.1 Å². The molecule has 0 spiro atoms. The van der Waals surface area contributed by atoms with E-state index in [1.54, 1.807) is 6.07 Å². The number of nitrogens with one attached hydrogen (secondary N) is 1. The Morgan fingerprint density at radius 3 is 2.89 bits per heavy atom. The highest BCUT2D eigenvalue weighted by Gasteiger charge is 2.19. The summed E-state index contributed by atoms with van der Waals surface area (Å²) >= 11 is 0. The van der Waals surface area contributed by atoms with Crippen molar-refractivity contribution in [2.24, 2.45) is 10.7 Å². The highest BCUT2D eigenvalue weighted by molar-refractivity contribution is 6.04. The Morgan fingerprint density at radius 2 is 2.16 bits per heavy atom. The van der Waals surface area contributed by atoms with Gasteiger partial charge >= 0.3 is 0 Å². The van der Waals surface area contributed by atoms with Gasteiger partial charge in [-0.25, -0.2) is 9.38 Å². The highest BCUT2D eigenvalue weighted by atomic mass is 35.5. The molecule has 0 radical (unpaired) electrons. The molecule has 0 fully saturated rings. The quantitative estimate of drug-likeness (QED) is 0.838. The number of hydrogen-bond acceptors (Lipinski definition) is 5. The molecule has 19 heavy (non-hydrogen) atoms. The molecule has 0 bridgehead atoms. The number of nitrogens with two attached hydrogens (primary N) is 1. The summed E-state index contributed by atoms with van der Waals surface area (Å²) in [5.41, 5.74) is 7.43. The van der Waals surface area contributed by atoms with E-state index in [1.165, 1.54) is 16.9 Å². The smallest absolute Gasteiger partial charge is 0.184 e. The van der Waals surface area contributed by atoms with Crippen molar-refractivity contribution in [2.45, 2.75) is 13.5 Å². The van der Waals surface area contributed by atoms with Crippen LogP contribution >= 0.6 is 12.4 Å². The summed E-state index contributed by atoms with van der Waals surface area (Å²) in [6.45, 7) is 2.56. The lowest BCUT2D eigenvalue weighted by atomic mass is 10.2. The molecule has 100 valence electrons. The fourth-order valence-electron chi connectivity index (χ4n) is 1.76. The normalized spacial score (nSPS) is 12.4. The average molecular weight is 283 g/mol. The van der Waals surface area contributed by atoms with Crippen LogP contribution in [-0.2, 0) is 6.54 Å². The summed E-state index contributed by atoms with van der Waals surface area (Å²) < 4.78 is 13.2.